The molecule has 5 heteroatoms. The second-order valence-electron chi connectivity index (χ2n) is 5.36. The third-order valence-electron chi connectivity index (χ3n) is 3.95. The van der Waals surface area contributed by atoms with Gasteiger partial charge in [0.2, 0.25) is 10.0 Å². The summed E-state index contributed by atoms with van der Waals surface area (Å²) in [5, 5.41) is 0.163. The fourth-order valence-electron chi connectivity index (χ4n) is 2.86. The molecular formula is C12H22ClNO2S. The van der Waals surface area contributed by atoms with Gasteiger partial charge >= 0.3 is 0 Å². The SMILES string of the molecule is O=S(=O)(CC1CCCCC1)N1CCC(Cl)CC1. The number of sulfonamides is 1. The van der Waals surface area contributed by atoms with E-state index in [1.807, 2.05) is 0 Å². The molecule has 1 heterocycles. The van der Waals surface area contributed by atoms with E-state index in [-0.39, 0.29) is 5.38 Å². The Morgan fingerprint density at radius 1 is 1.00 bits per heavy atom. The molecule has 1 saturated carbocycles. The average molecular weight is 280 g/mol. The van der Waals surface area contributed by atoms with Crippen molar-refractivity contribution in [1.29, 1.82) is 0 Å². The van der Waals surface area contributed by atoms with Crippen molar-refractivity contribution in [3.8, 4) is 0 Å². The maximum atomic E-state index is 12.2. The summed E-state index contributed by atoms with van der Waals surface area (Å²) >= 11 is 6.00. The smallest absolute Gasteiger partial charge is 0.212 e. The number of rotatable bonds is 3. The lowest BCUT2D eigenvalue weighted by atomic mass is 9.91. The number of hydrogen-bond donors (Lipinski definition) is 0. The van der Waals surface area contributed by atoms with Gasteiger partial charge in [-0.1, -0.05) is 19.3 Å². The molecule has 0 radical (unpaired) electrons. The number of halogens is 1. The van der Waals surface area contributed by atoms with Crippen LogP contribution in [-0.2, 0) is 10.0 Å². The van der Waals surface area contributed by atoms with Crippen LogP contribution in [0.25, 0.3) is 0 Å². The second-order valence-corrected chi connectivity index (χ2v) is 7.99. The molecule has 0 spiro atoms. The fourth-order valence-corrected chi connectivity index (χ4v) is 4.96. The maximum absolute atomic E-state index is 12.2. The van der Waals surface area contributed by atoms with E-state index >= 15 is 0 Å². The summed E-state index contributed by atoms with van der Waals surface area (Å²) in [4.78, 5) is 0. The molecule has 0 amide bonds. The fraction of sp³-hybridized carbons (Fsp3) is 1.00. The van der Waals surface area contributed by atoms with Crippen molar-refractivity contribution in [2.24, 2.45) is 5.92 Å². The van der Waals surface area contributed by atoms with Crippen LogP contribution in [0.15, 0.2) is 0 Å². The lowest BCUT2D eigenvalue weighted by molar-refractivity contribution is 0.335. The lowest BCUT2D eigenvalue weighted by Crippen LogP contribution is -2.41. The quantitative estimate of drug-likeness (QED) is 0.745. The maximum Gasteiger partial charge on any atom is 0.214 e. The van der Waals surface area contributed by atoms with Crippen molar-refractivity contribution in [3.63, 3.8) is 0 Å². The summed E-state index contributed by atoms with van der Waals surface area (Å²) in [6, 6.07) is 0. The van der Waals surface area contributed by atoms with Gasteiger partial charge < -0.3 is 0 Å². The zero-order chi connectivity index (χ0) is 12.3. The first-order valence-corrected chi connectivity index (χ1v) is 8.74. The average Bonchev–Trinajstić information content (AvgIpc) is 2.30. The molecule has 0 aromatic rings. The van der Waals surface area contributed by atoms with E-state index < -0.39 is 10.0 Å². The van der Waals surface area contributed by atoms with Crippen LogP contribution in [0, 0.1) is 5.92 Å². The third-order valence-corrected chi connectivity index (χ3v) is 6.43. The Morgan fingerprint density at radius 2 is 1.59 bits per heavy atom. The van der Waals surface area contributed by atoms with Crippen LogP contribution in [0.3, 0.4) is 0 Å². The van der Waals surface area contributed by atoms with Crippen molar-refractivity contribution in [2.45, 2.75) is 50.3 Å². The molecule has 2 rings (SSSR count). The van der Waals surface area contributed by atoms with Gasteiger partial charge in [0, 0.05) is 18.5 Å². The first kappa shape index (κ1) is 13.6. The van der Waals surface area contributed by atoms with E-state index in [0.717, 1.165) is 25.7 Å². The molecule has 0 N–H and O–H groups in total. The number of hydrogen-bond acceptors (Lipinski definition) is 2. The summed E-state index contributed by atoms with van der Waals surface area (Å²) in [7, 11) is -3.03. The highest BCUT2D eigenvalue weighted by atomic mass is 35.5. The third kappa shape index (κ3) is 3.83. The number of nitrogens with zero attached hydrogens (tertiary/aromatic N) is 1. The molecule has 0 atom stereocenters. The Bertz CT molecular complexity index is 330. The van der Waals surface area contributed by atoms with Gasteiger partial charge in [0.25, 0.3) is 0 Å². The Morgan fingerprint density at radius 3 is 2.18 bits per heavy atom. The van der Waals surface area contributed by atoms with Gasteiger partial charge in [-0.25, -0.2) is 12.7 Å². The van der Waals surface area contributed by atoms with Gasteiger partial charge in [-0.15, -0.1) is 11.6 Å². The molecule has 2 aliphatic rings. The van der Waals surface area contributed by atoms with Gasteiger partial charge in [-0.05, 0) is 31.6 Å². The molecule has 3 nitrogen and oxygen atoms in total. The van der Waals surface area contributed by atoms with Crippen molar-refractivity contribution < 1.29 is 8.42 Å². The van der Waals surface area contributed by atoms with E-state index in [4.69, 9.17) is 11.6 Å². The topological polar surface area (TPSA) is 37.4 Å². The van der Waals surface area contributed by atoms with E-state index in [2.05, 4.69) is 0 Å². The van der Waals surface area contributed by atoms with Crippen molar-refractivity contribution in [2.75, 3.05) is 18.8 Å². The summed E-state index contributed by atoms with van der Waals surface area (Å²) in [6.07, 6.45) is 7.44. The van der Waals surface area contributed by atoms with Gasteiger partial charge in [0.05, 0.1) is 5.75 Å². The van der Waals surface area contributed by atoms with Gasteiger partial charge in [-0.3, -0.25) is 0 Å². The Labute approximate surface area is 110 Å². The van der Waals surface area contributed by atoms with E-state index in [1.165, 1.54) is 19.3 Å². The molecule has 0 bridgehead atoms. The van der Waals surface area contributed by atoms with Gasteiger partial charge in [-0.2, -0.15) is 0 Å². The predicted octanol–water partition coefficient (Wildman–Crippen LogP) is 2.60. The minimum absolute atomic E-state index is 0.163. The van der Waals surface area contributed by atoms with E-state index in [1.54, 1.807) is 4.31 Å². The molecule has 1 saturated heterocycles. The molecule has 17 heavy (non-hydrogen) atoms. The van der Waals surface area contributed by atoms with Gasteiger partial charge in [0.15, 0.2) is 0 Å². The Balaban J connectivity index is 1.89. The van der Waals surface area contributed by atoms with Gasteiger partial charge in [0.1, 0.15) is 0 Å². The summed E-state index contributed by atoms with van der Waals surface area (Å²) in [5.74, 6) is 0.752. The van der Waals surface area contributed by atoms with Crippen molar-refractivity contribution in [3.05, 3.63) is 0 Å². The Hall–Kier alpha value is 0.200. The van der Waals surface area contributed by atoms with Crippen LogP contribution < -0.4 is 0 Å². The summed E-state index contributed by atoms with van der Waals surface area (Å²) in [5.41, 5.74) is 0. The Kier molecular flexibility index (Phi) is 4.72. The zero-order valence-corrected chi connectivity index (χ0v) is 11.8. The normalized spacial score (nSPS) is 26.2. The monoisotopic (exact) mass is 279 g/mol. The van der Waals surface area contributed by atoms with Crippen molar-refractivity contribution in [1.82, 2.24) is 4.31 Å². The first-order valence-electron chi connectivity index (χ1n) is 6.70. The highest BCUT2D eigenvalue weighted by molar-refractivity contribution is 7.89. The second kappa shape index (κ2) is 5.89. The molecule has 1 aliphatic heterocycles. The molecule has 0 aromatic heterocycles. The minimum Gasteiger partial charge on any atom is -0.212 e. The van der Waals surface area contributed by atoms with Crippen LogP contribution in [0.2, 0.25) is 0 Å². The van der Waals surface area contributed by atoms with E-state index in [0.29, 0.717) is 24.8 Å². The molecule has 100 valence electrons. The standard InChI is InChI=1S/C12H22ClNO2S/c13-12-6-8-14(9-7-12)17(15,16)10-11-4-2-1-3-5-11/h11-12H,1-10H2. The number of alkyl halides is 1. The lowest BCUT2D eigenvalue weighted by Gasteiger charge is -2.30. The summed E-state index contributed by atoms with van der Waals surface area (Å²) in [6.45, 7) is 1.23. The van der Waals surface area contributed by atoms with E-state index in [9.17, 15) is 8.42 Å². The first-order chi connectivity index (χ1) is 8.08. The largest absolute Gasteiger partial charge is 0.214 e. The van der Waals surface area contributed by atoms with Crippen LogP contribution in [-0.4, -0.2) is 36.9 Å². The predicted molar refractivity (Wildman–Crippen MR) is 70.8 cm³/mol. The molecular weight excluding hydrogens is 258 g/mol. The highest BCUT2D eigenvalue weighted by Gasteiger charge is 2.29. The highest BCUT2D eigenvalue weighted by Crippen LogP contribution is 2.27. The van der Waals surface area contributed by atoms with Crippen LogP contribution in [0.4, 0.5) is 0 Å². The molecule has 0 unspecified atom stereocenters. The molecule has 2 fully saturated rings. The zero-order valence-electron chi connectivity index (χ0n) is 10.3. The molecule has 1 aliphatic carbocycles. The van der Waals surface area contributed by atoms with Crippen LogP contribution in [0.5, 0.6) is 0 Å². The summed E-state index contributed by atoms with van der Waals surface area (Å²) < 4.78 is 26.1. The van der Waals surface area contributed by atoms with Crippen molar-refractivity contribution >= 4 is 21.6 Å². The number of piperidine rings is 1. The molecule has 0 aromatic carbocycles. The van der Waals surface area contributed by atoms with Crippen LogP contribution in [0.1, 0.15) is 44.9 Å². The minimum atomic E-state index is -3.03. The van der Waals surface area contributed by atoms with Crippen LogP contribution >= 0.6 is 11.6 Å².